The second-order valence-corrected chi connectivity index (χ2v) is 5.85. The largest absolute Gasteiger partial charge is 0.481 e. The van der Waals surface area contributed by atoms with Gasteiger partial charge < -0.3 is 5.11 Å². The summed E-state index contributed by atoms with van der Waals surface area (Å²) in [5.41, 5.74) is 1.24. The predicted molar refractivity (Wildman–Crippen MR) is 54.6 cm³/mol. The van der Waals surface area contributed by atoms with E-state index in [4.69, 9.17) is 5.11 Å². The van der Waals surface area contributed by atoms with Gasteiger partial charge in [-0.15, -0.1) is 0 Å². The van der Waals surface area contributed by atoms with Gasteiger partial charge in [0.15, 0.2) is 9.84 Å². The average molecular weight is 242 g/mol. The third-order valence-corrected chi connectivity index (χ3v) is 3.92. The van der Waals surface area contributed by atoms with Crippen LogP contribution in [0.3, 0.4) is 0 Å². The van der Waals surface area contributed by atoms with Crippen LogP contribution >= 0.6 is 0 Å². The van der Waals surface area contributed by atoms with E-state index in [1.165, 1.54) is 6.20 Å². The van der Waals surface area contributed by atoms with Gasteiger partial charge in [0, 0.05) is 23.9 Å². The third kappa shape index (κ3) is 2.35. The van der Waals surface area contributed by atoms with Gasteiger partial charge in [-0.25, -0.2) is 18.4 Å². The lowest BCUT2D eigenvalue weighted by Crippen LogP contribution is -2.21. The predicted octanol–water partition coefficient (Wildman–Crippen LogP) is -0.425. The molecule has 7 heteroatoms. The Bertz CT molecular complexity index is 538. The van der Waals surface area contributed by atoms with Gasteiger partial charge in [0.2, 0.25) is 0 Å². The van der Waals surface area contributed by atoms with Crippen LogP contribution < -0.4 is 0 Å². The second-order valence-electron chi connectivity index (χ2n) is 3.67. The molecule has 2 heterocycles. The molecule has 0 aliphatic carbocycles. The summed E-state index contributed by atoms with van der Waals surface area (Å²) in [5.74, 6) is -0.743. The number of carbonyl (C=O) groups is 1. The lowest BCUT2D eigenvalue weighted by atomic mass is 10.2. The van der Waals surface area contributed by atoms with Crippen molar-refractivity contribution < 1.29 is 18.3 Å². The topological polar surface area (TPSA) is 97.2 Å². The highest BCUT2D eigenvalue weighted by atomic mass is 32.2. The fourth-order valence-corrected chi connectivity index (χ4v) is 2.97. The number of aryl methyl sites for hydroxylation is 1. The monoisotopic (exact) mass is 242 g/mol. The van der Waals surface area contributed by atoms with Crippen LogP contribution in [-0.2, 0) is 33.2 Å². The van der Waals surface area contributed by atoms with Crippen molar-refractivity contribution in [3.05, 3.63) is 23.3 Å². The Morgan fingerprint density at radius 2 is 2.25 bits per heavy atom. The summed E-state index contributed by atoms with van der Waals surface area (Å²) in [5, 5.41) is 8.58. The fraction of sp³-hybridized carbons (Fsp3) is 0.444. The van der Waals surface area contributed by atoms with E-state index in [1.807, 2.05) is 0 Å². The van der Waals surface area contributed by atoms with Crippen LogP contribution in [0.5, 0.6) is 0 Å². The molecule has 0 unspecified atom stereocenters. The molecule has 0 fully saturated rings. The smallest absolute Gasteiger partial charge is 0.311 e. The number of hydrogen-bond donors (Lipinski definition) is 1. The van der Waals surface area contributed by atoms with E-state index < -0.39 is 15.8 Å². The van der Waals surface area contributed by atoms with Gasteiger partial charge in [0.25, 0.3) is 0 Å². The second kappa shape index (κ2) is 3.82. The average Bonchev–Trinajstić information content (AvgIpc) is 2.16. The molecule has 0 atom stereocenters. The molecule has 0 amide bonds. The highest BCUT2D eigenvalue weighted by molar-refractivity contribution is 7.90. The number of hydrogen-bond acceptors (Lipinski definition) is 5. The number of carboxylic acid groups (broad SMARTS) is 1. The molecule has 1 aromatic heterocycles. The zero-order chi connectivity index (χ0) is 11.8. The van der Waals surface area contributed by atoms with Crippen molar-refractivity contribution in [2.45, 2.75) is 18.6 Å². The van der Waals surface area contributed by atoms with E-state index in [0.717, 1.165) is 0 Å². The minimum absolute atomic E-state index is 0.0459. The van der Waals surface area contributed by atoms with Crippen molar-refractivity contribution in [3.8, 4) is 0 Å². The fourth-order valence-electron chi connectivity index (χ4n) is 1.60. The van der Waals surface area contributed by atoms with Gasteiger partial charge in [0.05, 0.1) is 11.5 Å². The van der Waals surface area contributed by atoms with Crippen LogP contribution in [0, 0.1) is 0 Å². The number of carboxylic acids is 1. The van der Waals surface area contributed by atoms with E-state index >= 15 is 0 Å². The van der Waals surface area contributed by atoms with E-state index in [-0.39, 0.29) is 23.8 Å². The SMILES string of the molecule is O=C(O)Cc1ncc2c(n1)CCS(=O)(=O)C2. The Morgan fingerprint density at radius 3 is 2.94 bits per heavy atom. The lowest BCUT2D eigenvalue weighted by Gasteiger charge is -2.14. The van der Waals surface area contributed by atoms with Crippen molar-refractivity contribution in [2.75, 3.05) is 5.75 Å². The highest BCUT2D eigenvalue weighted by Gasteiger charge is 2.23. The zero-order valence-electron chi connectivity index (χ0n) is 8.38. The summed E-state index contributed by atoms with van der Waals surface area (Å²) >= 11 is 0. The number of sulfone groups is 1. The van der Waals surface area contributed by atoms with Gasteiger partial charge in [-0.3, -0.25) is 4.79 Å². The van der Waals surface area contributed by atoms with Gasteiger partial charge in [0.1, 0.15) is 12.2 Å². The van der Waals surface area contributed by atoms with Gasteiger partial charge in [-0.1, -0.05) is 0 Å². The van der Waals surface area contributed by atoms with Crippen LogP contribution in [0.25, 0.3) is 0 Å². The third-order valence-electron chi connectivity index (χ3n) is 2.34. The first kappa shape index (κ1) is 11.0. The lowest BCUT2D eigenvalue weighted by molar-refractivity contribution is -0.136. The molecule has 0 radical (unpaired) electrons. The maximum atomic E-state index is 11.3. The molecule has 6 nitrogen and oxygen atoms in total. The molecule has 0 aromatic carbocycles. The summed E-state index contributed by atoms with van der Waals surface area (Å²) in [6, 6.07) is 0. The number of nitrogens with zero attached hydrogens (tertiary/aromatic N) is 2. The van der Waals surface area contributed by atoms with Crippen molar-refractivity contribution >= 4 is 15.8 Å². The maximum absolute atomic E-state index is 11.3. The molecule has 0 saturated heterocycles. The quantitative estimate of drug-likeness (QED) is 0.756. The molecule has 0 saturated carbocycles. The van der Waals surface area contributed by atoms with Gasteiger partial charge >= 0.3 is 5.97 Å². The molecule has 2 rings (SSSR count). The summed E-state index contributed by atoms with van der Waals surface area (Å²) in [6.07, 6.45) is 1.52. The summed E-state index contributed by atoms with van der Waals surface area (Å²) < 4.78 is 22.7. The van der Waals surface area contributed by atoms with Gasteiger partial charge in [-0.05, 0) is 0 Å². The molecular weight excluding hydrogens is 232 g/mol. The molecule has 1 aromatic rings. The first-order valence-electron chi connectivity index (χ1n) is 4.72. The number of fused-ring (bicyclic) bond motifs is 1. The van der Waals surface area contributed by atoms with Crippen LogP contribution in [0.15, 0.2) is 6.20 Å². The number of aromatic nitrogens is 2. The van der Waals surface area contributed by atoms with E-state index in [9.17, 15) is 13.2 Å². The minimum Gasteiger partial charge on any atom is -0.481 e. The first-order valence-corrected chi connectivity index (χ1v) is 6.54. The van der Waals surface area contributed by atoms with Gasteiger partial charge in [-0.2, -0.15) is 0 Å². The summed E-state index contributed by atoms with van der Waals surface area (Å²) in [4.78, 5) is 18.4. The van der Waals surface area contributed by atoms with Crippen LogP contribution in [0.4, 0.5) is 0 Å². The van der Waals surface area contributed by atoms with Crippen LogP contribution in [0.2, 0.25) is 0 Å². The molecule has 86 valence electrons. The number of aliphatic carboxylic acids is 1. The molecule has 0 bridgehead atoms. The highest BCUT2D eigenvalue weighted by Crippen LogP contribution is 2.18. The Hall–Kier alpha value is -1.50. The Balaban J connectivity index is 2.31. The molecule has 16 heavy (non-hydrogen) atoms. The summed E-state index contributed by atoms with van der Waals surface area (Å²) in [7, 11) is -3.03. The number of rotatable bonds is 2. The molecule has 1 aliphatic rings. The van der Waals surface area contributed by atoms with E-state index in [2.05, 4.69) is 9.97 Å². The van der Waals surface area contributed by atoms with E-state index in [0.29, 0.717) is 17.7 Å². The van der Waals surface area contributed by atoms with E-state index in [1.54, 1.807) is 0 Å². The van der Waals surface area contributed by atoms with Crippen molar-refractivity contribution in [3.63, 3.8) is 0 Å². The van der Waals surface area contributed by atoms with Crippen molar-refractivity contribution in [2.24, 2.45) is 0 Å². The minimum atomic E-state index is -3.03. The molecule has 1 N–H and O–H groups in total. The zero-order valence-corrected chi connectivity index (χ0v) is 9.20. The van der Waals surface area contributed by atoms with Crippen molar-refractivity contribution in [1.82, 2.24) is 9.97 Å². The Kier molecular flexibility index (Phi) is 2.63. The Morgan fingerprint density at radius 1 is 1.50 bits per heavy atom. The molecule has 1 aliphatic heterocycles. The summed E-state index contributed by atoms with van der Waals surface area (Å²) in [6.45, 7) is 0. The van der Waals surface area contributed by atoms with Crippen LogP contribution in [-0.4, -0.2) is 35.2 Å². The van der Waals surface area contributed by atoms with Crippen molar-refractivity contribution in [1.29, 1.82) is 0 Å². The molecule has 0 spiro atoms. The normalized spacial score (nSPS) is 17.8. The first-order chi connectivity index (χ1) is 7.46. The molecular formula is C9H10N2O4S. The van der Waals surface area contributed by atoms with Crippen LogP contribution in [0.1, 0.15) is 17.1 Å². The standard InChI is InChI=1S/C9H10N2O4S/c12-9(13)3-8-10-4-6-5-16(14,15)2-1-7(6)11-8/h4H,1-3,5H2,(H,12,13). The maximum Gasteiger partial charge on any atom is 0.311 e. The Labute approximate surface area is 92.3 Å².